The number of carbonyl (C=O) groups is 1. The first kappa shape index (κ1) is 13.3. The predicted molar refractivity (Wildman–Crippen MR) is 55.5 cm³/mol. The van der Waals surface area contributed by atoms with E-state index in [-0.39, 0.29) is 0 Å². The van der Waals surface area contributed by atoms with E-state index in [4.69, 9.17) is 5.11 Å². The van der Waals surface area contributed by atoms with Crippen LogP contribution in [-0.2, 0) is 6.54 Å². The van der Waals surface area contributed by atoms with Gasteiger partial charge in [0.15, 0.2) is 0 Å². The molecule has 0 radical (unpaired) electrons. The average Bonchev–Trinajstić information content (AvgIpc) is 2.10. The number of benzene rings is 1. The Kier molecular flexibility index (Phi) is 3.65. The van der Waals surface area contributed by atoms with Crippen LogP contribution in [0.1, 0.15) is 16.7 Å². The standard InChI is InChI=1S/C11H12F3NO2/c1-7-3-8(2)5-9(4-7)6-15(10(16)17)11(12,13)14/h3-5H,6H2,1-2H3,(H,16,17). The van der Waals surface area contributed by atoms with Gasteiger partial charge in [-0.25, -0.2) is 9.69 Å². The molecule has 0 heterocycles. The third kappa shape index (κ3) is 3.65. The van der Waals surface area contributed by atoms with Crippen LogP contribution in [0.2, 0.25) is 0 Å². The van der Waals surface area contributed by atoms with Crippen LogP contribution < -0.4 is 0 Å². The largest absolute Gasteiger partial charge is 0.490 e. The van der Waals surface area contributed by atoms with Gasteiger partial charge in [-0.05, 0) is 19.4 Å². The quantitative estimate of drug-likeness (QED) is 0.814. The number of carboxylic acid groups (broad SMARTS) is 1. The molecule has 0 unspecified atom stereocenters. The van der Waals surface area contributed by atoms with Gasteiger partial charge in [-0.1, -0.05) is 29.3 Å². The third-order valence-electron chi connectivity index (χ3n) is 2.16. The van der Waals surface area contributed by atoms with Gasteiger partial charge in [0.1, 0.15) is 0 Å². The Bertz CT molecular complexity index is 409. The first-order chi connectivity index (χ1) is 7.70. The summed E-state index contributed by atoms with van der Waals surface area (Å²) in [6.45, 7) is 2.80. The number of rotatable bonds is 2. The van der Waals surface area contributed by atoms with Crippen LogP contribution in [0.3, 0.4) is 0 Å². The Morgan fingerprint density at radius 2 is 1.71 bits per heavy atom. The first-order valence-corrected chi connectivity index (χ1v) is 4.84. The molecule has 0 aliphatic carbocycles. The Hall–Kier alpha value is -1.72. The number of alkyl halides is 3. The molecule has 0 spiro atoms. The van der Waals surface area contributed by atoms with Crippen LogP contribution in [0.25, 0.3) is 0 Å². The van der Waals surface area contributed by atoms with Gasteiger partial charge in [-0.3, -0.25) is 0 Å². The van der Waals surface area contributed by atoms with E-state index in [1.165, 1.54) is 12.1 Å². The molecular weight excluding hydrogens is 235 g/mol. The summed E-state index contributed by atoms with van der Waals surface area (Å²) in [5.41, 5.74) is 1.92. The monoisotopic (exact) mass is 247 g/mol. The van der Waals surface area contributed by atoms with Crippen LogP contribution in [0.4, 0.5) is 18.0 Å². The van der Waals surface area contributed by atoms with Crippen molar-refractivity contribution in [2.75, 3.05) is 0 Å². The summed E-state index contributed by atoms with van der Waals surface area (Å²) < 4.78 is 37.2. The number of amides is 1. The van der Waals surface area contributed by atoms with E-state index in [1.807, 2.05) is 6.07 Å². The maximum absolute atomic E-state index is 12.4. The van der Waals surface area contributed by atoms with Gasteiger partial charge in [-0.15, -0.1) is 13.2 Å². The minimum absolute atomic E-state index is 0.322. The molecular formula is C11H12F3NO2. The fraction of sp³-hybridized carbons (Fsp3) is 0.364. The van der Waals surface area contributed by atoms with E-state index in [9.17, 15) is 18.0 Å². The summed E-state index contributed by atoms with van der Waals surface area (Å²) in [4.78, 5) is 9.99. The molecule has 0 aromatic heterocycles. The lowest BCUT2D eigenvalue weighted by molar-refractivity contribution is -0.231. The van der Waals surface area contributed by atoms with Crippen molar-refractivity contribution in [3.63, 3.8) is 0 Å². The molecule has 1 rings (SSSR count). The summed E-state index contributed by atoms with van der Waals surface area (Å²) in [5.74, 6) is 0. The lowest BCUT2D eigenvalue weighted by Crippen LogP contribution is -2.41. The molecule has 0 saturated heterocycles. The van der Waals surface area contributed by atoms with Crippen molar-refractivity contribution >= 4 is 6.09 Å². The molecule has 0 saturated carbocycles. The molecule has 0 aliphatic heterocycles. The Morgan fingerprint density at radius 1 is 1.24 bits per heavy atom. The van der Waals surface area contributed by atoms with Gasteiger partial charge in [0, 0.05) is 0 Å². The number of hydrogen-bond donors (Lipinski definition) is 1. The highest BCUT2D eigenvalue weighted by molar-refractivity contribution is 5.65. The second-order valence-corrected chi connectivity index (χ2v) is 3.83. The van der Waals surface area contributed by atoms with Crippen molar-refractivity contribution in [3.8, 4) is 0 Å². The summed E-state index contributed by atoms with van der Waals surface area (Å²) in [7, 11) is 0. The number of nitrogens with zero attached hydrogens (tertiary/aromatic N) is 1. The van der Waals surface area contributed by atoms with E-state index in [1.54, 1.807) is 13.8 Å². The highest BCUT2D eigenvalue weighted by atomic mass is 19.4. The van der Waals surface area contributed by atoms with E-state index in [0.29, 0.717) is 5.56 Å². The second-order valence-electron chi connectivity index (χ2n) is 3.83. The van der Waals surface area contributed by atoms with Gasteiger partial charge >= 0.3 is 12.4 Å². The van der Waals surface area contributed by atoms with E-state index < -0.39 is 23.8 Å². The fourth-order valence-electron chi connectivity index (χ4n) is 1.61. The molecule has 0 fully saturated rings. The third-order valence-corrected chi connectivity index (χ3v) is 2.16. The number of halogens is 3. The van der Waals surface area contributed by atoms with Gasteiger partial charge in [0.2, 0.25) is 0 Å². The molecule has 1 amide bonds. The topological polar surface area (TPSA) is 40.5 Å². The summed E-state index contributed by atoms with van der Waals surface area (Å²) in [5, 5.41) is 8.51. The van der Waals surface area contributed by atoms with Crippen molar-refractivity contribution in [3.05, 3.63) is 34.9 Å². The van der Waals surface area contributed by atoms with Crippen LogP contribution in [-0.4, -0.2) is 22.4 Å². The van der Waals surface area contributed by atoms with Crippen molar-refractivity contribution in [1.82, 2.24) is 4.90 Å². The zero-order chi connectivity index (χ0) is 13.2. The highest BCUT2D eigenvalue weighted by Crippen LogP contribution is 2.24. The smallest absolute Gasteiger partial charge is 0.465 e. The van der Waals surface area contributed by atoms with Crippen LogP contribution >= 0.6 is 0 Å². The molecule has 1 aromatic carbocycles. The van der Waals surface area contributed by atoms with E-state index >= 15 is 0 Å². The van der Waals surface area contributed by atoms with Gasteiger partial charge in [-0.2, -0.15) is 0 Å². The average molecular weight is 247 g/mol. The van der Waals surface area contributed by atoms with Gasteiger partial charge in [0.25, 0.3) is 0 Å². The fourth-order valence-corrected chi connectivity index (χ4v) is 1.61. The Balaban J connectivity index is 2.98. The van der Waals surface area contributed by atoms with Crippen molar-refractivity contribution in [2.45, 2.75) is 26.7 Å². The van der Waals surface area contributed by atoms with Gasteiger partial charge < -0.3 is 5.11 Å². The molecule has 1 aromatic rings. The van der Waals surface area contributed by atoms with E-state index in [0.717, 1.165) is 11.1 Å². The lowest BCUT2D eigenvalue weighted by Gasteiger charge is -2.22. The Morgan fingerprint density at radius 3 is 2.06 bits per heavy atom. The van der Waals surface area contributed by atoms with Crippen molar-refractivity contribution in [2.24, 2.45) is 0 Å². The predicted octanol–water partition coefficient (Wildman–Crippen LogP) is 3.30. The normalized spacial score (nSPS) is 11.4. The molecule has 94 valence electrons. The molecule has 0 aliphatic rings. The second kappa shape index (κ2) is 4.65. The number of hydrogen-bond acceptors (Lipinski definition) is 1. The summed E-state index contributed by atoms with van der Waals surface area (Å²) >= 11 is 0. The lowest BCUT2D eigenvalue weighted by atomic mass is 10.1. The van der Waals surface area contributed by atoms with Crippen molar-refractivity contribution < 1.29 is 23.1 Å². The SMILES string of the molecule is Cc1cc(C)cc(CN(C(=O)O)C(F)(F)F)c1. The van der Waals surface area contributed by atoms with Gasteiger partial charge in [0.05, 0.1) is 6.54 Å². The minimum atomic E-state index is -4.89. The molecule has 1 N–H and O–H groups in total. The zero-order valence-corrected chi connectivity index (χ0v) is 9.38. The first-order valence-electron chi connectivity index (χ1n) is 4.84. The maximum Gasteiger partial charge on any atom is 0.490 e. The summed E-state index contributed by atoms with van der Waals surface area (Å²) in [6.07, 6.45) is -6.89. The highest BCUT2D eigenvalue weighted by Gasteiger charge is 2.41. The molecule has 0 bridgehead atoms. The van der Waals surface area contributed by atoms with E-state index in [2.05, 4.69) is 0 Å². The van der Waals surface area contributed by atoms with Crippen LogP contribution in [0.15, 0.2) is 18.2 Å². The van der Waals surface area contributed by atoms with Crippen LogP contribution in [0.5, 0.6) is 0 Å². The minimum Gasteiger partial charge on any atom is -0.465 e. The van der Waals surface area contributed by atoms with Crippen LogP contribution in [0, 0.1) is 13.8 Å². The zero-order valence-electron chi connectivity index (χ0n) is 9.38. The van der Waals surface area contributed by atoms with Crippen molar-refractivity contribution in [1.29, 1.82) is 0 Å². The molecule has 0 atom stereocenters. The summed E-state index contributed by atoms with van der Waals surface area (Å²) in [6, 6.07) is 4.88. The Labute approximate surface area is 96.5 Å². The molecule has 17 heavy (non-hydrogen) atoms. The molecule has 3 nitrogen and oxygen atoms in total. The number of aryl methyl sites for hydroxylation is 2. The molecule has 6 heteroatoms. The maximum atomic E-state index is 12.4.